The average Bonchev–Trinajstić information content (AvgIpc) is 2.86. The average molecular weight is 397 g/mol. The Balaban J connectivity index is 1.71. The van der Waals surface area contributed by atoms with Crippen LogP contribution >= 0.6 is 0 Å². The highest BCUT2D eigenvalue weighted by Crippen LogP contribution is 2.52. The second-order valence-corrected chi connectivity index (χ2v) is 7.06. The van der Waals surface area contributed by atoms with Crippen LogP contribution in [0.1, 0.15) is 32.1 Å². The lowest BCUT2D eigenvalue weighted by Crippen LogP contribution is -2.51. The van der Waals surface area contributed by atoms with E-state index in [1.165, 1.54) is 17.0 Å². The molecule has 2 fully saturated rings. The number of alkyl halides is 6. The van der Waals surface area contributed by atoms with E-state index in [1.54, 1.807) is 0 Å². The van der Waals surface area contributed by atoms with E-state index in [-0.39, 0.29) is 25.3 Å². The standard InChI is InChI=1S/C17H17F6NO3/c18-16(19,20)15(26)7-5-14(6-8-15)9-10-24(13(14)25)11-1-3-12(4-2-11)27-17(21,22)23/h1-4,26H,5-10H2/t14-,15+. The number of hydrogen-bond donors (Lipinski definition) is 1. The van der Waals surface area contributed by atoms with Crippen molar-refractivity contribution < 1.29 is 41.0 Å². The molecule has 0 bridgehead atoms. The third-order valence-corrected chi connectivity index (χ3v) is 5.46. The number of carbonyl (C=O) groups excluding carboxylic acids is 1. The summed E-state index contributed by atoms with van der Waals surface area (Å²) < 4.78 is 79.3. The fourth-order valence-electron chi connectivity index (χ4n) is 3.78. The van der Waals surface area contributed by atoms with Gasteiger partial charge in [0, 0.05) is 12.2 Å². The van der Waals surface area contributed by atoms with Crippen molar-refractivity contribution in [2.75, 3.05) is 11.4 Å². The molecular weight excluding hydrogens is 380 g/mol. The molecule has 150 valence electrons. The van der Waals surface area contributed by atoms with Gasteiger partial charge in [0.25, 0.3) is 0 Å². The van der Waals surface area contributed by atoms with Crippen molar-refractivity contribution in [3.05, 3.63) is 24.3 Å². The molecule has 1 saturated heterocycles. The summed E-state index contributed by atoms with van der Waals surface area (Å²) in [5.41, 5.74) is -3.40. The summed E-state index contributed by atoms with van der Waals surface area (Å²) >= 11 is 0. The SMILES string of the molecule is O=C1N(c2ccc(OC(F)(F)F)cc2)CC[C@]12CC[C@@](O)(C(F)(F)F)CC2. The van der Waals surface area contributed by atoms with Crippen LogP contribution in [0.4, 0.5) is 32.0 Å². The van der Waals surface area contributed by atoms with Gasteiger partial charge >= 0.3 is 12.5 Å². The first-order chi connectivity index (χ1) is 12.4. The van der Waals surface area contributed by atoms with Crippen molar-refractivity contribution in [2.24, 2.45) is 5.41 Å². The molecular formula is C17H17F6NO3. The summed E-state index contributed by atoms with van der Waals surface area (Å²) in [6.07, 6.45) is -10.5. The molecule has 1 aromatic rings. The normalized spacial score (nSPS) is 29.4. The maximum absolute atomic E-state index is 13.0. The van der Waals surface area contributed by atoms with E-state index in [1.807, 2.05) is 0 Å². The van der Waals surface area contributed by atoms with Gasteiger partial charge in [-0.05, 0) is 56.4 Å². The molecule has 1 saturated carbocycles. The molecule has 1 amide bonds. The lowest BCUT2D eigenvalue weighted by atomic mass is 9.67. The molecule has 27 heavy (non-hydrogen) atoms. The Hall–Kier alpha value is -1.97. The van der Waals surface area contributed by atoms with E-state index in [9.17, 15) is 36.2 Å². The second kappa shape index (κ2) is 6.29. The summed E-state index contributed by atoms with van der Waals surface area (Å²) in [7, 11) is 0. The number of nitrogens with zero attached hydrogens (tertiary/aromatic N) is 1. The first-order valence-corrected chi connectivity index (χ1v) is 8.32. The molecule has 10 heteroatoms. The number of ether oxygens (including phenoxy) is 1. The van der Waals surface area contributed by atoms with Crippen molar-refractivity contribution in [1.29, 1.82) is 0 Å². The molecule has 1 aromatic carbocycles. The number of hydrogen-bond acceptors (Lipinski definition) is 3. The molecule has 0 aromatic heterocycles. The van der Waals surface area contributed by atoms with Gasteiger partial charge in [-0.25, -0.2) is 0 Å². The van der Waals surface area contributed by atoms with Gasteiger partial charge in [-0.2, -0.15) is 13.2 Å². The highest BCUT2D eigenvalue weighted by molar-refractivity contribution is 6.00. The van der Waals surface area contributed by atoms with Crippen LogP contribution in [-0.2, 0) is 4.79 Å². The van der Waals surface area contributed by atoms with Crippen LogP contribution < -0.4 is 9.64 Å². The minimum Gasteiger partial charge on any atom is -0.406 e. The number of anilines is 1. The van der Waals surface area contributed by atoms with E-state index in [0.29, 0.717) is 12.1 Å². The van der Waals surface area contributed by atoms with Crippen LogP contribution in [-0.4, -0.2) is 35.7 Å². The number of rotatable bonds is 2. The lowest BCUT2D eigenvalue weighted by molar-refractivity contribution is -0.274. The first kappa shape index (κ1) is 19.8. The van der Waals surface area contributed by atoms with E-state index in [2.05, 4.69) is 4.74 Å². The smallest absolute Gasteiger partial charge is 0.406 e. The molecule has 1 aliphatic carbocycles. The molecule has 0 radical (unpaired) electrons. The van der Waals surface area contributed by atoms with Crippen LogP contribution in [0.2, 0.25) is 0 Å². The number of halogens is 6. The van der Waals surface area contributed by atoms with E-state index >= 15 is 0 Å². The van der Waals surface area contributed by atoms with Crippen molar-refractivity contribution in [3.63, 3.8) is 0 Å². The summed E-state index contributed by atoms with van der Waals surface area (Å²) in [4.78, 5) is 14.2. The summed E-state index contributed by atoms with van der Waals surface area (Å²) in [5.74, 6) is -0.795. The number of aliphatic hydroxyl groups is 1. The molecule has 1 N–H and O–H groups in total. The van der Waals surface area contributed by atoms with Crippen LogP contribution in [0.25, 0.3) is 0 Å². The Morgan fingerprint density at radius 3 is 1.96 bits per heavy atom. The minimum absolute atomic E-state index is 0.0897. The molecule has 4 nitrogen and oxygen atoms in total. The molecule has 1 aliphatic heterocycles. The Labute approximate surface area is 150 Å². The monoisotopic (exact) mass is 397 g/mol. The third-order valence-electron chi connectivity index (χ3n) is 5.46. The van der Waals surface area contributed by atoms with Gasteiger partial charge in [0.15, 0.2) is 5.60 Å². The Morgan fingerprint density at radius 1 is 0.926 bits per heavy atom. The highest BCUT2D eigenvalue weighted by Gasteiger charge is 2.60. The fraction of sp³-hybridized carbons (Fsp3) is 0.588. The topological polar surface area (TPSA) is 49.8 Å². The zero-order valence-corrected chi connectivity index (χ0v) is 14.0. The predicted octanol–water partition coefficient (Wildman–Crippen LogP) is 4.18. The van der Waals surface area contributed by atoms with Crippen molar-refractivity contribution in [2.45, 2.75) is 50.2 Å². The van der Waals surface area contributed by atoms with Gasteiger partial charge < -0.3 is 14.7 Å². The van der Waals surface area contributed by atoms with Crippen LogP contribution in [0.15, 0.2) is 24.3 Å². The van der Waals surface area contributed by atoms with Gasteiger partial charge in [0.05, 0.1) is 5.41 Å². The molecule has 3 rings (SSSR count). The van der Waals surface area contributed by atoms with E-state index in [0.717, 1.165) is 12.1 Å². The van der Waals surface area contributed by atoms with Crippen molar-refractivity contribution in [3.8, 4) is 5.75 Å². The number of amides is 1. The molecule has 2 aliphatic rings. The maximum Gasteiger partial charge on any atom is 0.573 e. The molecule has 1 heterocycles. The fourth-order valence-corrected chi connectivity index (χ4v) is 3.78. The van der Waals surface area contributed by atoms with Gasteiger partial charge in [-0.1, -0.05) is 0 Å². The van der Waals surface area contributed by atoms with Crippen LogP contribution in [0.3, 0.4) is 0 Å². The van der Waals surface area contributed by atoms with E-state index < -0.39 is 42.1 Å². The third kappa shape index (κ3) is 3.71. The summed E-state index contributed by atoms with van der Waals surface area (Å²) in [6.45, 7) is 0.253. The largest absolute Gasteiger partial charge is 0.573 e. The zero-order chi connectivity index (χ0) is 20.1. The van der Waals surface area contributed by atoms with Crippen molar-refractivity contribution >= 4 is 11.6 Å². The van der Waals surface area contributed by atoms with Crippen molar-refractivity contribution in [1.82, 2.24) is 0 Å². The predicted molar refractivity (Wildman–Crippen MR) is 82.0 cm³/mol. The minimum atomic E-state index is -4.83. The van der Waals surface area contributed by atoms with Crippen LogP contribution in [0.5, 0.6) is 5.75 Å². The first-order valence-electron chi connectivity index (χ1n) is 8.32. The molecule has 1 spiro atoms. The van der Waals surface area contributed by atoms with Gasteiger partial charge in [0.1, 0.15) is 5.75 Å². The Kier molecular flexibility index (Phi) is 4.61. The van der Waals surface area contributed by atoms with Gasteiger partial charge in [-0.15, -0.1) is 13.2 Å². The van der Waals surface area contributed by atoms with Gasteiger partial charge in [-0.3, -0.25) is 4.79 Å². The lowest BCUT2D eigenvalue weighted by Gasteiger charge is -2.41. The zero-order valence-electron chi connectivity index (χ0n) is 14.0. The van der Waals surface area contributed by atoms with Crippen LogP contribution in [0, 0.1) is 5.41 Å². The highest BCUT2D eigenvalue weighted by atomic mass is 19.4. The van der Waals surface area contributed by atoms with Gasteiger partial charge in [0.2, 0.25) is 5.91 Å². The Bertz CT molecular complexity index is 705. The number of carbonyl (C=O) groups is 1. The second-order valence-electron chi connectivity index (χ2n) is 7.06. The summed E-state index contributed by atoms with van der Waals surface area (Å²) in [5, 5.41) is 9.79. The number of benzene rings is 1. The maximum atomic E-state index is 13.0. The van der Waals surface area contributed by atoms with E-state index in [4.69, 9.17) is 0 Å². The Morgan fingerprint density at radius 2 is 1.48 bits per heavy atom. The summed E-state index contributed by atoms with van der Waals surface area (Å²) in [6, 6.07) is 4.74. The quantitative estimate of drug-likeness (QED) is 0.762. The molecule has 0 unspecified atom stereocenters. The molecule has 0 atom stereocenters.